The van der Waals surface area contributed by atoms with Crippen molar-refractivity contribution in [3.05, 3.63) is 29.6 Å². The molecule has 0 aliphatic heterocycles. The van der Waals surface area contributed by atoms with Gasteiger partial charge in [-0.25, -0.2) is 4.39 Å². The number of hydrogen-bond donors (Lipinski definition) is 1. The molecule has 1 unspecified atom stereocenters. The monoisotopic (exact) mass is 255 g/mol. The van der Waals surface area contributed by atoms with E-state index in [4.69, 9.17) is 15.2 Å². The smallest absolute Gasteiger partial charge is 0.182 e. The Morgan fingerprint density at radius 2 is 2.17 bits per heavy atom. The number of nitrogens with two attached hydrogens (primary N) is 1. The Balaban J connectivity index is 2.71. The van der Waals surface area contributed by atoms with E-state index in [1.165, 1.54) is 25.3 Å². The van der Waals surface area contributed by atoms with E-state index in [0.717, 1.165) is 0 Å². The van der Waals surface area contributed by atoms with Gasteiger partial charge in [0.25, 0.3) is 0 Å². The topological polar surface area (TPSA) is 61.5 Å². The van der Waals surface area contributed by atoms with Gasteiger partial charge in [0.1, 0.15) is 11.6 Å². The molecule has 0 fully saturated rings. The van der Waals surface area contributed by atoms with Crippen LogP contribution in [0, 0.1) is 5.82 Å². The highest BCUT2D eigenvalue weighted by Gasteiger charge is 2.19. The molecule has 18 heavy (non-hydrogen) atoms. The van der Waals surface area contributed by atoms with Crippen LogP contribution in [-0.2, 0) is 4.74 Å². The van der Waals surface area contributed by atoms with Crippen LogP contribution in [-0.4, -0.2) is 32.7 Å². The highest BCUT2D eigenvalue weighted by Crippen LogP contribution is 2.18. The molecule has 5 heteroatoms. The molecule has 0 radical (unpaired) electrons. The Kier molecular flexibility index (Phi) is 5.74. The van der Waals surface area contributed by atoms with Crippen LogP contribution < -0.4 is 10.5 Å². The molecule has 1 rings (SSSR count). The van der Waals surface area contributed by atoms with E-state index >= 15 is 0 Å². The number of rotatable bonds is 7. The first-order valence-corrected chi connectivity index (χ1v) is 5.72. The van der Waals surface area contributed by atoms with Gasteiger partial charge < -0.3 is 15.2 Å². The average molecular weight is 255 g/mol. The van der Waals surface area contributed by atoms with E-state index in [2.05, 4.69) is 0 Å². The third kappa shape index (κ3) is 3.78. The predicted molar refractivity (Wildman–Crippen MR) is 66.4 cm³/mol. The molecule has 0 amide bonds. The molecule has 1 aromatic rings. The largest absolute Gasteiger partial charge is 0.497 e. The third-order valence-corrected chi connectivity index (χ3v) is 2.64. The summed E-state index contributed by atoms with van der Waals surface area (Å²) < 4.78 is 23.4. The molecule has 0 aliphatic rings. The molecule has 0 aromatic heterocycles. The van der Waals surface area contributed by atoms with E-state index < -0.39 is 17.6 Å². The van der Waals surface area contributed by atoms with Crippen LogP contribution in [0.4, 0.5) is 4.39 Å². The first-order valence-electron chi connectivity index (χ1n) is 5.72. The molecule has 100 valence electrons. The Morgan fingerprint density at radius 3 is 2.72 bits per heavy atom. The number of halogens is 1. The van der Waals surface area contributed by atoms with Crippen molar-refractivity contribution >= 4 is 5.78 Å². The summed E-state index contributed by atoms with van der Waals surface area (Å²) in [5, 5.41) is 0. The summed E-state index contributed by atoms with van der Waals surface area (Å²) in [6.07, 6.45) is 1.14. The predicted octanol–water partition coefficient (Wildman–Crippen LogP) is 1.77. The Labute approximate surface area is 106 Å². The second-order valence-corrected chi connectivity index (χ2v) is 3.95. The van der Waals surface area contributed by atoms with Gasteiger partial charge in [-0.2, -0.15) is 0 Å². The van der Waals surface area contributed by atoms with E-state index in [-0.39, 0.29) is 5.56 Å². The lowest BCUT2D eigenvalue weighted by atomic mass is 10.0. The lowest BCUT2D eigenvalue weighted by molar-refractivity contribution is 0.0946. The minimum atomic E-state index is -0.706. The van der Waals surface area contributed by atoms with Gasteiger partial charge in [-0.15, -0.1) is 0 Å². The maximum absolute atomic E-state index is 13.7. The number of methoxy groups -OCH3 is 2. The lowest BCUT2D eigenvalue weighted by Gasteiger charge is -2.11. The van der Waals surface area contributed by atoms with Crippen molar-refractivity contribution in [3.63, 3.8) is 0 Å². The quantitative estimate of drug-likeness (QED) is 0.596. The molecule has 0 saturated heterocycles. The van der Waals surface area contributed by atoms with Gasteiger partial charge in [0, 0.05) is 19.8 Å². The molecule has 1 aromatic carbocycles. The van der Waals surface area contributed by atoms with E-state index in [1.54, 1.807) is 7.11 Å². The molecular weight excluding hydrogens is 237 g/mol. The standard InChI is InChI=1S/C13H18FNO3/c1-17-7-3-4-12(15)13(16)10-6-5-9(18-2)8-11(10)14/h5-6,8,12H,3-4,7,15H2,1-2H3. The summed E-state index contributed by atoms with van der Waals surface area (Å²) in [6, 6.07) is 3.41. The number of carbonyl (C=O) groups is 1. The van der Waals surface area contributed by atoms with Crippen molar-refractivity contribution in [2.45, 2.75) is 18.9 Å². The molecule has 0 aliphatic carbocycles. The summed E-state index contributed by atoms with van der Waals surface area (Å²) in [6.45, 7) is 0.534. The van der Waals surface area contributed by atoms with Crippen molar-refractivity contribution in [3.8, 4) is 5.75 Å². The maximum Gasteiger partial charge on any atom is 0.182 e. The van der Waals surface area contributed by atoms with Crippen molar-refractivity contribution in [1.82, 2.24) is 0 Å². The van der Waals surface area contributed by atoms with Gasteiger partial charge >= 0.3 is 0 Å². The fourth-order valence-corrected chi connectivity index (χ4v) is 1.60. The number of ketones is 1. The first kappa shape index (κ1) is 14.6. The Bertz CT molecular complexity index is 409. The fourth-order valence-electron chi connectivity index (χ4n) is 1.60. The average Bonchev–Trinajstić information content (AvgIpc) is 2.38. The molecule has 0 saturated carbocycles. The van der Waals surface area contributed by atoms with Crippen molar-refractivity contribution in [2.24, 2.45) is 5.73 Å². The lowest BCUT2D eigenvalue weighted by Crippen LogP contribution is -2.31. The van der Waals surface area contributed by atoms with Crippen LogP contribution in [0.25, 0.3) is 0 Å². The van der Waals surface area contributed by atoms with Gasteiger partial charge in [0.2, 0.25) is 0 Å². The summed E-state index contributed by atoms with van der Waals surface area (Å²) in [7, 11) is 3.02. The number of hydrogen-bond acceptors (Lipinski definition) is 4. The zero-order valence-electron chi connectivity index (χ0n) is 10.6. The number of carbonyl (C=O) groups excluding carboxylic acids is 1. The second-order valence-electron chi connectivity index (χ2n) is 3.95. The van der Waals surface area contributed by atoms with Gasteiger partial charge in [-0.3, -0.25) is 4.79 Å². The zero-order valence-corrected chi connectivity index (χ0v) is 10.6. The molecule has 0 bridgehead atoms. The van der Waals surface area contributed by atoms with E-state index in [9.17, 15) is 9.18 Å². The molecule has 1 atom stereocenters. The van der Waals surface area contributed by atoms with Gasteiger partial charge in [-0.1, -0.05) is 0 Å². The minimum absolute atomic E-state index is 0.000664. The summed E-state index contributed by atoms with van der Waals surface area (Å²) in [5.41, 5.74) is 5.73. The van der Waals surface area contributed by atoms with Crippen LogP contribution in [0.2, 0.25) is 0 Å². The highest BCUT2D eigenvalue weighted by molar-refractivity contribution is 6.00. The minimum Gasteiger partial charge on any atom is -0.497 e. The van der Waals surface area contributed by atoms with Crippen molar-refractivity contribution < 1.29 is 18.7 Å². The molecule has 4 nitrogen and oxygen atoms in total. The van der Waals surface area contributed by atoms with Gasteiger partial charge in [-0.05, 0) is 25.0 Å². The van der Waals surface area contributed by atoms with Crippen LogP contribution >= 0.6 is 0 Å². The zero-order chi connectivity index (χ0) is 13.5. The van der Waals surface area contributed by atoms with Crippen molar-refractivity contribution in [2.75, 3.05) is 20.8 Å². The fraction of sp³-hybridized carbons (Fsp3) is 0.462. The van der Waals surface area contributed by atoms with Crippen LogP contribution in [0.3, 0.4) is 0 Å². The number of ether oxygens (including phenoxy) is 2. The maximum atomic E-state index is 13.7. The highest BCUT2D eigenvalue weighted by atomic mass is 19.1. The summed E-state index contributed by atoms with van der Waals surface area (Å²) >= 11 is 0. The molecule has 0 heterocycles. The molecular formula is C13H18FNO3. The van der Waals surface area contributed by atoms with Crippen LogP contribution in [0.15, 0.2) is 18.2 Å². The SMILES string of the molecule is COCCCC(N)C(=O)c1ccc(OC)cc1F. The number of Topliss-reactive ketones (excluding diaryl/α,β-unsaturated/α-hetero) is 1. The van der Waals surface area contributed by atoms with E-state index in [1.807, 2.05) is 0 Å². The summed E-state index contributed by atoms with van der Waals surface area (Å²) in [4.78, 5) is 11.9. The Hall–Kier alpha value is -1.46. The van der Waals surface area contributed by atoms with Crippen LogP contribution in [0.5, 0.6) is 5.75 Å². The van der Waals surface area contributed by atoms with E-state index in [0.29, 0.717) is 25.2 Å². The number of benzene rings is 1. The molecule has 2 N–H and O–H groups in total. The van der Waals surface area contributed by atoms with Crippen LogP contribution in [0.1, 0.15) is 23.2 Å². The first-order chi connectivity index (χ1) is 8.60. The summed E-state index contributed by atoms with van der Waals surface area (Å²) in [5.74, 6) is -0.634. The molecule has 0 spiro atoms. The van der Waals surface area contributed by atoms with Gasteiger partial charge in [0.05, 0.1) is 18.7 Å². The van der Waals surface area contributed by atoms with Crippen molar-refractivity contribution in [1.29, 1.82) is 0 Å². The Morgan fingerprint density at radius 1 is 1.44 bits per heavy atom. The normalized spacial score (nSPS) is 12.2. The third-order valence-electron chi connectivity index (χ3n) is 2.64. The second kappa shape index (κ2) is 7.08. The van der Waals surface area contributed by atoms with Gasteiger partial charge in [0.15, 0.2) is 5.78 Å².